The van der Waals surface area contributed by atoms with Crippen molar-refractivity contribution in [3.8, 4) is 17.1 Å². The van der Waals surface area contributed by atoms with Crippen molar-refractivity contribution in [2.45, 2.75) is 6.54 Å². The number of non-ortho nitro benzene ring substituents is 1. The first-order chi connectivity index (χ1) is 13.0. The number of methoxy groups -OCH3 is 1. The number of anilines is 1. The molecule has 1 heterocycles. The quantitative estimate of drug-likeness (QED) is 0.508. The molecule has 0 saturated heterocycles. The van der Waals surface area contributed by atoms with Crippen LogP contribution in [-0.4, -0.2) is 38.1 Å². The zero-order chi connectivity index (χ0) is 19.4. The number of hydrogen-bond donors (Lipinski definition) is 1. The van der Waals surface area contributed by atoms with Gasteiger partial charge in [0, 0.05) is 11.6 Å². The van der Waals surface area contributed by atoms with Gasteiger partial charge >= 0.3 is 0 Å². The topological polar surface area (TPSA) is 125 Å². The van der Waals surface area contributed by atoms with E-state index < -0.39 is 10.8 Å². The Morgan fingerprint density at radius 2 is 2.11 bits per heavy atom. The van der Waals surface area contributed by atoms with E-state index in [0.717, 1.165) is 4.80 Å². The summed E-state index contributed by atoms with van der Waals surface area (Å²) in [7, 11) is 1.35. The lowest BCUT2D eigenvalue weighted by atomic mass is 10.2. The van der Waals surface area contributed by atoms with Gasteiger partial charge in [0.05, 0.1) is 28.8 Å². The predicted octanol–water partition coefficient (Wildman–Crippen LogP) is 2.55. The van der Waals surface area contributed by atoms with Gasteiger partial charge in [0.15, 0.2) is 0 Å². The van der Waals surface area contributed by atoms with E-state index in [-0.39, 0.29) is 18.0 Å². The van der Waals surface area contributed by atoms with Gasteiger partial charge in [0.2, 0.25) is 11.7 Å². The molecule has 11 heteroatoms. The number of hydrogen-bond acceptors (Lipinski definition) is 7. The molecule has 3 aromatic rings. The Balaban J connectivity index is 1.72. The minimum Gasteiger partial charge on any atom is -0.494 e. The number of carbonyl (C=O) groups excluding carboxylic acids is 1. The fourth-order valence-electron chi connectivity index (χ4n) is 2.28. The van der Waals surface area contributed by atoms with Crippen LogP contribution in [-0.2, 0) is 11.3 Å². The largest absolute Gasteiger partial charge is 0.494 e. The van der Waals surface area contributed by atoms with E-state index >= 15 is 0 Å². The molecule has 0 aliphatic carbocycles. The van der Waals surface area contributed by atoms with E-state index in [2.05, 4.69) is 20.7 Å². The summed E-state index contributed by atoms with van der Waals surface area (Å²) in [6, 6.07) is 10.9. The van der Waals surface area contributed by atoms with Gasteiger partial charge in [0.1, 0.15) is 12.3 Å². The van der Waals surface area contributed by atoms with Crippen LogP contribution in [0.3, 0.4) is 0 Å². The smallest absolute Gasteiger partial charge is 0.273 e. The first-order valence-corrected chi connectivity index (χ1v) is 8.00. The number of benzene rings is 2. The van der Waals surface area contributed by atoms with Crippen LogP contribution in [0.15, 0.2) is 42.5 Å². The lowest BCUT2D eigenvalue weighted by Gasteiger charge is -2.09. The van der Waals surface area contributed by atoms with Crippen LogP contribution in [0.1, 0.15) is 0 Å². The van der Waals surface area contributed by atoms with Crippen molar-refractivity contribution in [1.29, 1.82) is 0 Å². The highest BCUT2D eigenvalue weighted by Crippen LogP contribution is 2.29. The molecule has 10 nitrogen and oxygen atoms in total. The summed E-state index contributed by atoms with van der Waals surface area (Å²) >= 11 is 6.09. The van der Waals surface area contributed by atoms with Crippen molar-refractivity contribution in [1.82, 2.24) is 20.2 Å². The molecule has 27 heavy (non-hydrogen) atoms. The number of carbonyl (C=O) groups is 1. The van der Waals surface area contributed by atoms with Gasteiger partial charge in [-0.05, 0) is 23.4 Å². The number of ether oxygens (including phenoxy) is 1. The first-order valence-electron chi connectivity index (χ1n) is 7.63. The average molecular weight is 389 g/mol. The van der Waals surface area contributed by atoms with Gasteiger partial charge in [0.25, 0.3) is 5.69 Å². The van der Waals surface area contributed by atoms with Gasteiger partial charge in [-0.2, -0.15) is 4.80 Å². The number of rotatable bonds is 6. The molecular weight excluding hydrogens is 376 g/mol. The molecule has 3 rings (SSSR count). The van der Waals surface area contributed by atoms with Crippen molar-refractivity contribution < 1.29 is 14.5 Å². The minimum atomic E-state index is -0.552. The highest BCUT2D eigenvalue weighted by Gasteiger charge is 2.15. The Hall–Kier alpha value is -3.53. The molecule has 0 bridgehead atoms. The first kappa shape index (κ1) is 18.3. The van der Waals surface area contributed by atoms with Crippen molar-refractivity contribution in [2.75, 3.05) is 12.4 Å². The van der Waals surface area contributed by atoms with E-state index in [1.807, 2.05) is 0 Å². The zero-order valence-electron chi connectivity index (χ0n) is 14.0. The Morgan fingerprint density at radius 1 is 1.33 bits per heavy atom. The van der Waals surface area contributed by atoms with E-state index in [4.69, 9.17) is 16.3 Å². The summed E-state index contributed by atoms with van der Waals surface area (Å²) in [5.74, 6) is 0.00688. The van der Waals surface area contributed by atoms with E-state index in [1.54, 1.807) is 24.3 Å². The van der Waals surface area contributed by atoms with E-state index in [9.17, 15) is 14.9 Å². The highest BCUT2D eigenvalue weighted by molar-refractivity contribution is 6.33. The Bertz CT molecular complexity index is 1010. The summed E-state index contributed by atoms with van der Waals surface area (Å²) < 4.78 is 5.08. The second kappa shape index (κ2) is 7.79. The summed E-state index contributed by atoms with van der Waals surface area (Å²) in [5.41, 5.74) is 0.745. The normalized spacial score (nSPS) is 10.4. The van der Waals surface area contributed by atoms with Crippen LogP contribution in [0.25, 0.3) is 11.4 Å². The minimum absolute atomic E-state index is 0.146. The maximum absolute atomic E-state index is 12.2. The molecule has 0 aliphatic heterocycles. The molecule has 0 aliphatic rings. The number of halogens is 1. The van der Waals surface area contributed by atoms with Crippen molar-refractivity contribution in [3.63, 3.8) is 0 Å². The molecule has 0 unspecified atom stereocenters. The highest BCUT2D eigenvalue weighted by atomic mass is 35.5. The molecule has 0 saturated carbocycles. The third-order valence-corrected chi connectivity index (χ3v) is 3.85. The predicted molar refractivity (Wildman–Crippen MR) is 96.5 cm³/mol. The molecule has 1 N–H and O–H groups in total. The lowest BCUT2D eigenvalue weighted by molar-refractivity contribution is -0.384. The SMILES string of the molecule is COc1cc([N+](=O)[O-])ccc1NC(=O)Cn1nnc(-c2ccccc2Cl)n1. The Labute approximate surface area is 157 Å². The molecule has 0 spiro atoms. The zero-order valence-corrected chi connectivity index (χ0v) is 14.8. The number of nitro groups is 1. The molecule has 0 radical (unpaired) electrons. The van der Waals surface area contributed by atoms with Crippen LogP contribution in [0, 0.1) is 10.1 Å². The molecular formula is C16H13ClN6O4. The van der Waals surface area contributed by atoms with Gasteiger partial charge in [-0.1, -0.05) is 23.7 Å². The third-order valence-electron chi connectivity index (χ3n) is 3.52. The van der Waals surface area contributed by atoms with Gasteiger partial charge in [-0.25, -0.2) is 0 Å². The maximum Gasteiger partial charge on any atom is 0.273 e. The van der Waals surface area contributed by atoms with Crippen LogP contribution < -0.4 is 10.1 Å². The molecule has 1 aromatic heterocycles. The standard InChI is InChI=1S/C16H13ClN6O4/c1-27-14-8-10(23(25)26)6-7-13(14)18-15(24)9-22-20-16(19-21-22)11-4-2-3-5-12(11)17/h2-8H,9H2,1H3,(H,18,24). The van der Waals surface area contributed by atoms with Crippen molar-refractivity contribution in [3.05, 3.63) is 57.6 Å². The van der Waals surface area contributed by atoms with Gasteiger partial charge in [-0.3, -0.25) is 14.9 Å². The maximum atomic E-state index is 12.2. The fraction of sp³-hybridized carbons (Fsp3) is 0.125. The summed E-state index contributed by atoms with van der Waals surface area (Å²) in [5, 5.41) is 25.7. The Morgan fingerprint density at radius 3 is 2.81 bits per heavy atom. The summed E-state index contributed by atoms with van der Waals surface area (Å²) in [4.78, 5) is 23.6. The van der Waals surface area contributed by atoms with Crippen molar-refractivity contribution in [2.24, 2.45) is 0 Å². The Kier molecular flexibility index (Phi) is 5.27. The molecule has 2 aromatic carbocycles. The van der Waals surface area contributed by atoms with E-state index in [0.29, 0.717) is 22.1 Å². The summed E-state index contributed by atoms with van der Waals surface area (Å²) in [6.45, 7) is -0.211. The number of tetrazole rings is 1. The molecule has 0 atom stereocenters. The number of aromatic nitrogens is 4. The number of nitrogens with zero attached hydrogens (tertiary/aromatic N) is 5. The third kappa shape index (κ3) is 4.18. The second-order valence-corrected chi connectivity index (χ2v) is 5.72. The van der Waals surface area contributed by atoms with Crippen molar-refractivity contribution >= 4 is 28.9 Å². The number of nitro benzene ring substituents is 1. The van der Waals surface area contributed by atoms with Crippen LogP contribution in [0.5, 0.6) is 5.75 Å². The van der Waals surface area contributed by atoms with Crippen LogP contribution in [0.4, 0.5) is 11.4 Å². The molecule has 0 fully saturated rings. The summed E-state index contributed by atoms with van der Waals surface area (Å²) in [6.07, 6.45) is 0. The van der Waals surface area contributed by atoms with Gasteiger partial charge < -0.3 is 10.1 Å². The average Bonchev–Trinajstić information content (AvgIpc) is 3.10. The monoisotopic (exact) mass is 388 g/mol. The lowest BCUT2D eigenvalue weighted by Crippen LogP contribution is -2.20. The number of nitrogens with one attached hydrogen (secondary N) is 1. The van der Waals surface area contributed by atoms with Gasteiger partial charge in [-0.15, -0.1) is 10.2 Å². The van der Waals surface area contributed by atoms with E-state index in [1.165, 1.54) is 25.3 Å². The van der Waals surface area contributed by atoms with Crippen LogP contribution >= 0.6 is 11.6 Å². The second-order valence-electron chi connectivity index (χ2n) is 5.31. The number of amides is 1. The van der Waals surface area contributed by atoms with Crippen LogP contribution in [0.2, 0.25) is 5.02 Å². The molecule has 1 amide bonds. The molecule has 138 valence electrons. The fourth-order valence-corrected chi connectivity index (χ4v) is 2.50.